The average molecular weight is 315 g/mol. The first-order valence-corrected chi connectivity index (χ1v) is 8.43. The summed E-state index contributed by atoms with van der Waals surface area (Å²) in [7, 11) is 0. The SMILES string of the molecule is CCOc1ccccc1NC(=O)CS[C@@H](C)c1ccccc1. The molecule has 0 spiro atoms. The van der Waals surface area contributed by atoms with Crippen LogP contribution < -0.4 is 10.1 Å². The minimum absolute atomic E-state index is 0.0139. The van der Waals surface area contributed by atoms with Gasteiger partial charge in [0.25, 0.3) is 0 Å². The van der Waals surface area contributed by atoms with Gasteiger partial charge in [0.05, 0.1) is 18.0 Å². The number of carbonyl (C=O) groups excluding carboxylic acids is 1. The second-order valence-corrected chi connectivity index (χ2v) is 6.17. The number of hydrogen-bond donors (Lipinski definition) is 1. The van der Waals surface area contributed by atoms with Gasteiger partial charge in [0.1, 0.15) is 5.75 Å². The van der Waals surface area contributed by atoms with Gasteiger partial charge in [0, 0.05) is 5.25 Å². The van der Waals surface area contributed by atoms with E-state index >= 15 is 0 Å². The van der Waals surface area contributed by atoms with Crippen molar-refractivity contribution in [3.63, 3.8) is 0 Å². The van der Waals surface area contributed by atoms with E-state index in [9.17, 15) is 4.79 Å². The molecule has 2 rings (SSSR count). The number of nitrogens with one attached hydrogen (secondary N) is 1. The smallest absolute Gasteiger partial charge is 0.234 e. The highest BCUT2D eigenvalue weighted by Crippen LogP contribution is 2.28. The van der Waals surface area contributed by atoms with Crippen LogP contribution in [0.1, 0.15) is 24.7 Å². The van der Waals surface area contributed by atoms with Gasteiger partial charge in [-0.2, -0.15) is 0 Å². The average Bonchev–Trinajstić information content (AvgIpc) is 2.55. The zero-order chi connectivity index (χ0) is 15.8. The second-order valence-electron chi connectivity index (χ2n) is 4.84. The van der Waals surface area contributed by atoms with E-state index in [1.54, 1.807) is 11.8 Å². The van der Waals surface area contributed by atoms with Crippen LogP contribution in [0.5, 0.6) is 5.75 Å². The van der Waals surface area contributed by atoms with E-state index in [0.29, 0.717) is 18.1 Å². The maximum Gasteiger partial charge on any atom is 0.234 e. The monoisotopic (exact) mass is 315 g/mol. The van der Waals surface area contributed by atoms with Crippen molar-refractivity contribution in [1.29, 1.82) is 0 Å². The van der Waals surface area contributed by atoms with Gasteiger partial charge >= 0.3 is 0 Å². The van der Waals surface area contributed by atoms with Crippen LogP contribution in [0.3, 0.4) is 0 Å². The standard InChI is InChI=1S/C18H21NO2S/c1-3-21-17-12-8-7-11-16(17)19-18(20)13-22-14(2)15-9-5-4-6-10-15/h4-12,14H,3,13H2,1-2H3,(H,19,20)/t14-/m0/s1. The highest BCUT2D eigenvalue weighted by Gasteiger charge is 2.11. The summed E-state index contributed by atoms with van der Waals surface area (Å²) in [5.41, 5.74) is 1.96. The van der Waals surface area contributed by atoms with Crippen LogP contribution in [0.2, 0.25) is 0 Å². The van der Waals surface area contributed by atoms with Gasteiger partial charge in [-0.15, -0.1) is 11.8 Å². The highest BCUT2D eigenvalue weighted by molar-refractivity contribution is 8.00. The first-order chi connectivity index (χ1) is 10.7. The van der Waals surface area contributed by atoms with Crippen LogP contribution in [-0.2, 0) is 4.79 Å². The summed E-state index contributed by atoms with van der Waals surface area (Å²) in [5, 5.41) is 3.20. The minimum Gasteiger partial charge on any atom is -0.492 e. The number of para-hydroxylation sites is 2. The molecule has 2 aromatic rings. The quantitative estimate of drug-likeness (QED) is 0.816. The van der Waals surface area contributed by atoms with Gasteiger partial charge in [-0.3, -0.25) is 4.79 Å². The Hall–Kier alpha value is -1.94. The lowest BCUT2D eigenvalue weighted by molar-refractivity contribution is -0.113. The van der Waals surface area contributed by atoms with Crippen molar-refractivity contribution in [2.24, 2.45) is 0 Å². The fourth-order valence-corrected chi connectivity index (χ4v) is 2.88. The van der Waals surface area contributed by atoms with Crippen molar-refractivity contribution >= 4 is 23.4 Å². The number of carbonyl (C=O) groups is 1. The summed E-state index contributed by atoms with van der Waals surface area (Å²) < 4.78 is 5.51. The molecule has 0 aliphatic carbocycles. The lowest BCUT2D eigenvalue weighted by Crippen LogP contribution is -2.15. The van der Waals surface area contributed by atoms with Gasteiger partial charge in [-0.05, 0) is 31.5 Å². The predicted octanol–water partition coefficient (Wildman–Crippen LogP) is 4.52. The Morgan fingerprint density at radius 3 is 2.55 bits per heavy atom. The van der Waals surface area contributed by atoms with Crippen LogP contribution in [0.15, 0.2) is 54.6 Å². The molecular formula is C18H21NO2S. The van der Waals surface area contributed by atoms with Crippen LogP contribution in [-0.4, -0.2) is 18.3 Å². The van der Waals surface area contributed by atoms with Crippen molar-refractivity contribution in [3.05, 3.63) is 60.2 Å². The zero-order valence-corrected chi connectivity index (χ0v) is 13.7. The molecular weight excluding hydrogens is 294 g/mol. The topological polar surface area (TPSA) is 38.3 Å². The zero-order valence-electron chi connectivity index (χ0n) is 12.9. The number of benzene rings is 2. The number of anilines is 1. The Morgan fingerprint density at radius 1 is 1.14 bits per heavy atom. The van der Waals surface area contributed by atoms with Crippen LogP contribution in [0, 0.1) is 0 Å². The van der Waals surface area contributed by atoms with Crippen LogP contribution in [0.25, 0.3) is 0 Å². The number of rotatable bonds is 7. The Kier molecular flexibility index (Phi) is 6.34. The fourth-order valence-electron chi connectivity index (χ4n) is 2.06. The molecule has 4 heteroatoms. The van der Waals surface area contributed by atoms with Gasteiger partial charge in [-0.1, -0.05) is 42.5 Å². The van der Waals surface area contributed by atoms with Crippen molar-refractivity contribution in [2.75, 3.05) is 17.7 Å². The number of hydrogen-bond acceptors (Lipinski definition) is 3. The maximum absolute atomic E-state index is 12.1. The molecule has 0 radical (unpaired) electrons. The summed E-state index contributed by atoms with van der Waals surface area (Å²) in [5.74, 6) is 1.11. The third-order valence-electron chi connectivity index (χ3n) is 3.19. The maximum atomic E-state index is 12.1. The summed E-state index contributed by atoms with van der Waals surface area (Å²) in [6.07, 6.45) is 0. The van der Waals surface area contributed by atoms with E-state index in [1.165, 1.54) is 5.56 Å². The molecule has 0 saturated carbocycles. The molecule has 22 heavy (non-hydrogen) atoms. The summed E-state index contributed by atoms with van der Waals surface area (Å²) in [4.78, 5) is 12.1. The van der Waals surface area contributed by atoms with E-state index in [-0.39, 0.29) is 11.2 Å². The molecule has 116 valence electrons. The lowest BCUT2D eigenvalue weighted by atomic mass is 10.2. The van der Waals surface area contributed by atoms with Crippen LogP contribution in [0.4, 0.5) is 5.69 Å². The first kappa shape index (κ1) is 16.4. The normalized spacial score (nSPS) is 11.7. The molecule has 0 fully saturated rings. The van der Waals surface area contributed by atoms with Gasteiger partial charge in [-0.25, -0.2) is 0 Å². The Bertz CT molecular complexity index is 601. The van der Waals surface area contributed by atoms with Crippen LogP contribution >= 0.6 is 11.8 Å². The fraction of sp³-hybridized carbons (Fsp3) is 0.278. The van der Waals surface area contributed by atoms with Crippen molar-refractivity contribution in [3.8, 4) is 5.75 Å². The Morgan fingerprint density at radius 2 is 1.82 bits per heavy atom. The number of thioether (sulfide) groups is 1. The molecule has 3 nitrogen and oxygen atoms in total. The Labute approximate surface area is 136 Å². The van der Waals surface area contributed by atoms with E-state index in [4.69, 9.17) is 4.74 Å². The molecule has 0 aliphatic heterocycles. The number of amides is 1. The van der Waals surface area contributed by atoms with Crippen molar-refractivity contribution in [2.45, 2.75) is 19.1 Å². The molecule has 1 N–H and O–H groups in total. The summed E-state index contributed by atoms with van der Waals surface area (Å²) >= 11 is 1.62. The molecule has 0 unspecified atom stereocenters. The highest BCUT2D eigenvalue weighted by atomic mass is 32.2. The van der Waals surface area contributed by atoms with Gasteiger partial charge in [0.2, 0.25) is 5.91 Å². The summed E-state index contributed by atoms with van der Waals surface area (Å²) in [6, 6.07) is 17.7. The third kappa shape index (κ3) is 4.81. The largest absolute Gasteiger partial charge is 0.492 e. The molecule has 1 amide bonds. The summed E-state index contributed by atoms with van der Waals surface area (Å²) in [6.45, 7) is 4.62. The van der Waals surface area contributed by atoms with E-state index in [0.717, 1.165) is 5.69 Å². The molecule has 0 saturated heterocycles. The molecule has 0 bridgehead atoms. The molecule has 1 atom stereocenters. The van der Waals surface area contributed by atoms with E-state index in [1.807, 2.05) is 49.4 Å². The predicted molar refractivity (Wildman–Crippen MR) is 93.6 cm³/mol. The number of ether oxygens (including phenoxy) is 1. The molecule has 0 heterocycles. The van der Waals surface area contributed by atoms with Gasteiger partial charge in [0.15, 0.2) is 0 Å². The lowest BCUT2D eigenvalue weighted by Gasteiger charge is -2.13. The Balaban J connectivity index is 1.88. The second kappa shape index (κ2) is 8.49. The molecule has 2 aromatic carbocycles. The third-order valence-corrected chi connectivity index (χ3v) is 4.40. The van der Waals surface area contributed by atoms with Crippen molar-refractivity contribution in [1.82, 2.24) is 0 Å². The van der Waals surface area contributed by atoms with E-state index < -0.39 is 0 Å². The molecule has 0 aromatic heterocycles. The van der Waals surface area contributed by atoms with E-state index in [2.05, 4.69) is 24.4 Å². The van der Waals surface area contributed by atoms with Crippen molar-refractivity contribution < 1.29 is 9.53 Å². The first-order valence-electron chi connectivity index (χ1n) is 7.39. The minimum atomic E-state index is -0.0139. The van der Waals surface area contributed by atoms with Gasteiger partial charge < -0.3 is 10.1 Å². The molecule has 0 aliphatic rings.